The topological polar surface area (TPSA) is 31.2 Å². The molecule has 4 nitrogen and oxygen atoms in total. The molecule has 2 heterocycles. The molecule has 1 saturated heterocycles. The van der Waals surface area contributed by atoms with E-state index in [1.54, 1.807) is 0 Å². The Hall–Kier alpha value is -2.25. The summed E-state index contributed by atoms with van der Waals surface area (Å²) in [7, 11) is 0. The van der Waals surface area contributed by atoms with E-state index in [4.69, 9.17) is 0 Å². The number of alkyl halides is 2. The zero-order valence-corrected chi connectivity index (χ0v) is 19.6. The van der Waals surface area contributed by atoms with E-state index >= 15 is 0 Å². The van der Waals surface area contributed by atoms with Crippen molar-refractivity contribution < 1.29 is 8.78 Å². The molecule has 0 bridgehead atoms. The minimum Gasteiger partial charge on any atom is -0.312 e. The number of likely N-dealkylation sites (tertiary alicyclic amines) is 1. The Morgan fingerprint density at radius 2 is 1.67 bits per heavy atom. The average molecular weight is 469 g/mol. The predicted octanol–water partition coefficient (Wildman–Crippen LogP) is 6.17. The first-order valence-electron chi connectivity index (χ1n) is 11.9. The summed E-state index contributed by atoms with van der Waals surface area (Å²) in [4.78, 5) is 2.70. The Kier molecular flexibility index (Phi) is 7.07. The number of anilines is 1. The standard InChI is InChI=1S/C26H30F2N4S/c27-26(28)25-17-24(29-30-25)20-11-9-19(10-12-20)18-32(22-5-2-1-3-6-22)33-23-13-15-31(16-14-23)21-7-4-8-21/h1-3,5-6,9-12,21,23,26H,4,7-8,13-18H2. The van der Waals surface area contributed by atoms with Crippen molar-refractivity contribution in [2.75, 3.05) is 17.4 Å². The SMILES string of the molecule is FC(F)C1=NN=C(c2ccc(CN(SC3CCN(C4CCC4)CC3)c3ccccc3)cc2)C1. The Bertz CT molecular complexity index is 981. The third-order valence-corrected chi connectivity index (χ3v) is 8.27. The van der Waals surface area contributed by atoms with Crippen LogP contribution < -0.4 is 4.31 Å². The molecule has 0 atom stereocenters. The van der Waals surface area contributed by atoms with Crippen LogP contribution in [0.1, 0.15) is 49.7 Å². The molecular weight excluding hydrogens is 438 g/mol. The predicted molar refractivity (Wildman–Crippen MR) is 133 cm³/mol. The van der Waals surface area contributed by atoms with Crippen molar-refractivity contribution in [1.29, 1.82) is 0 Å². The summed E-state index contributed by atoms with van der Waals surface area (Å²) in [5.74, 6) is 0. The number of piperidine rings is 1. The van der Waals surface area contributed by atoms with Crippen molar-refractivity contribution in [1.82, 2.24) is 4.90 Å². The number of nitrogens with zero attached hydrogens (tertiary/aromatic N) is 4. The van der Waals surface area contributed by atoms with Gasteiger partial charge in [0, 0.05) is 23.4 Å². The molecule has 0 amide bonds. The van der Waals surface area contributed by atoms with Crippen molar-refractivity contribution in [2.45, 2.75) is 62.8 Å². The van der Waals surface area contributed by atoms with Gasteiger partial charge in [0.15, 0.2) is 0 Å². The van der Waals surface area contributed by atoms with Crippen LogP contribution in [0.15, 0.2) is 64.8 Å². The maximum absolute atomic E-state index is 12.9. The quantitative estimate of drug-likeness (QED) is 0.434. The van der Waals surface area contributed by atoms with Crippen LogP contribution in [0.3, 0.4) is 0 Å². The number of benzene rings is 2. The number of hydrogen-bond acceptors (Lipinski definition) is 5. The highest BCUT2D eigenvalue weighted by Crippen LogP contribution is 2.35. The van der Waals surface area contributed by atoms with Crippen LogP contribution in [0.5, 0.6) is 0 Å². The molecule has 2 aromatic carbocycles. The first kappa shape index (κ1) is 22.5. The highest BCUT2D eigenvalue weighted by Gasteiger charge is 2.30. The monoisotopic (exact) mass is 468 g/mol. The van der Waals surface area contributed by atoms with Gasteiger partial charge >= 0.3 is 0 Å². The van der Waals surface area contributed by atoms with E-state index in [-0.39, 0.29) is 12.1 Å². The number of rotatable bonds is 8. The summed E-state index contributed by atoms with van der Waals surface area (Å²) < 4.78 is 28.1. The first-order chi connectivity index (χ1) is 16.2. The van der Waals surface area contributed by atoms with Crippen molar-refractivity contribution in [2.24, 2.45) is 10.2 Å². The number of hydrogen-bond donors (Lipinski definition) is 0. The molecule has 0 radical (unpaired) electrons. The molecular formula is C26H30F2N4S. The van der Waals surface area contributed by atoms with Crippen LogP contribution in [0, 0.1) is 0 Å². The summed E-state index contributed by atoms with van der Waals surface area (Å²) in [6.45, 7) is 3.22. The smallest absolute Gasteiger partial charge is 0.278 e. The maximum atomic E-state index is 12.9. The van der Waals surface area contributed by atoms with E-state index < -0.39 is 6.43 Å². The van der Waals surface area contributed by atoms with Gasteiger partial charge < -0.3 is 9.21 Å². The normalized spacial score (nSPS) is 20.0. The van der Waals surface area contributed by atoms with Crippen LogP contribution >= 0.6 is 11.9 Å². The molecule has 1 saturated carbocycles. The molecule has 0 aromatic heterocycles. The molecule has 0 N–H and O–H groups in total. The lowest BCUT2D eigenvalue weighted by atomic mass is 9.90. The van der Waals surface area contributed by atoms with E-state index in [1.807, 2.05) is 24.1 Å². The van der Waals surface area contributed by atoms with Gasteiger partial charge in [-0.2, -0.15) is 10.2 Å². The highest BCUT2D eigenvalue weighted by atomic mass is 32.2. The van der Waals surface area contributed by atoms with Gasteiger partial charge in [-0.1, -0.05) is 48.9 Å². The molecule has 33 heavy (non-hydrogen) atoms. The van der Waals surface area contributed by atoms with E-state index in [2.05, 4.69) is 61.9 Å². The molecule has 1 aliphatic carbocycles. The Balaban J connectivity index is 1.22. The van der Waals surface area contributed by atoms with Crippen molar-refractivity contribution in [3.8, 4) is 0 Å². The van der Waals surface area contributed by atoms with Gasteiger partial charge in [0.05, 0.1) is 12.3 Å². The maximum Gasteiger partial charge on any atom is 0.278 e. The Morgan fingerprint density at radius 3 is 2.27 bits per heavy atom. The van der Waals surface area contributed by atoms with Crippen LogP contribution in [0.2, 0.25) is 0 Å². The van der Waals surface area contributed by atoms with E-state index in [9.17, 15) is 8.78 Å². The fraction of sp³-hybridized carbons (Fsp3) is 0.462. The average Bonchev–Trinajstić information content (AvgIpc) is 3.31. The fourth-order valence-electron chi connectivity index (χ4n) is 4.68. The molecule has 0 spiro atoms. The second-order valence-electron chi connectivity index (χ2n) is 9.11. The van der Waals surface area contributed by atoms with Gasteiger partial charge in [0.2, 0.25) is 0 Å². The first-order valence-corrected chi connectivity index (χ1v) is 12.7. The number of para-hydroxylation sites is 1. The lowest BCUT2D eigenvalue weighted by Crippen LogP contribution is -2.45. The largest absolute Gasteiger partial charge is 0.312 e. The van der Waals surface area contributed by atoms with Gasteiger partial charge in [-0.25, -0.2) is 8.78 Å². The van der Waals surface area contributed by atoms with E-state index in [1.165, 1.54) is 56.4 Å². The van der Waals surface area contributed by atoms with Gasteiger partial charge in [-0.15, -0.1) is 0 Å². The summed E-state index contributed by atoms with van der Waals surface area (Å²) in [6.07, 6.45) is 4.21. The van der Waals surface area contributed by atoms with Crippen LogP contribution in [-0.2, 0) is 6.54 Å². The van der Waals surface area contributed by atoms with Crippen LogP contribution in [0.4, 0.5) is 14.5 Å². The summed E-state index contributed by atoms with van der Waals surface area (Å²) >= 11 is 1.97. The second kappa shape index (κ2) is 10.3. The van der Waals surface area contributed by atoms with E-state index in [0.717, 1.165) is 18.2 Å². The molecule has 5 rings (SSSR count). The second-order valence-corrected chi connectivity index (χ2v) is 10.4. The lowest BCUT2D eigenvalue weighted by molar-refractivity contribution is 0.107. The van der Waals surface area contributed by atoms with Crippen LogP contribution in [-0.4, -0.2) is 47.1 Å². The minimum atomic E-state index is -2.54. The molecule has 3 aliphatic rings. The Morgan fingerprint density at radius 1 is 0.939 bits per heavy atom. The molecule has 2 fully saturated rings. The summed E-state index contributed by atoms with van der Waals surface area (Å²) in [5.41, 5.74) is 3.73. The number of halogens is 2. The minimum absolute atomic E-state index is 0.128. The zero-order valence-electron chi connectivity index (χ0n) is 18.7. The van der Waals surface area contributed by atoms with Crippen molar-refractivity contribution in [3.05, 3.63) is 65.7 Å². The third-order valence-electron chi connectivity index (χ3n) is 6.90. The summed E-state index contributed by atoms with van der Waals surface area (Å²) in [5, 5.41) is 8.22. The van der Waals surface area contributed by atoms with Gasteiger partial charge in [0.25, 0.3) is 6.43 Å². The van der Waals surface area contributed by atoms with Gasteiger partial charge in [0.1, 0.15) is 5.71 Å². The molecule has 174 valence electrons. The van der Waals surface area contributed by atoms with Crippen molar-refractivity contribution in [3.63, 3.8) is 0 Å². The molecule has 2 aliphatic heterocycles. The van der Waals surface area contributed by atoms with Gasteiger partial charge in [-0.05, 0) is 74.0 Å². The van der Waals surface area contributed by atoms with Gasteiger partial charge in [-0.3, -0.25) is 0 Å². The fourth-order valence-corrected chi connectivity index (χ4v) is 5.93. The van der Waals surface area contributed by atoms with Crippen molar-refractivity contribution >= 4 is 29.1 Å². The molecule has 2 aromatic rings. The molecule has 0 unspecified atom stereocenters. The summed E-state index contributed by atoms with van der Waals surface area (Å²) in [6, 6.07) is 19.5. The molecule has 7 heteroatoms. The Labute approximate surface area is 198 Å². The van der Waals surface area contributed by atoms with E-state index in [0.29, 0.717) is 11.0 Å². The zero-order chi connectivity index (χ0) is 22.6. The lowest BCUT2D eigenvalue weighted by Gasteiger charge is -2.42. The highest BCUT2D eigenvalue weighted by molar-refractivity contribution is 8.01. The van der Waals surface area contributed by atoms with Crippen LogP contribution in [0.25, 0.3) is 0 Å². The third kappa shape index (κ3) is 5.46.